The summed E-state index contributed by atoms with van der Waals surface area (Å²) in [6, 6.07) is 0.0223. The van der Waals surface area contributed by atoms with Crippen LogP contribution in [0.1, 0.15) is 13.3 Å². The summed E-state index contributed by atoms with van der Waals surface area (Å²) in [4.78, 5) is 15.9. The van der Waals surface area contributed by atoms with Gasteiger partial charge in [0.05, 0.1) is 12.7 Å². The predicted molar refractivity (Wildman–Crippen MR) is 54.8 cm³/mol. The third kappa shape index (κ3) is 1.91. The average Bonchev–Trinajstić information content (AvgIpc) is 2.67. The van der Waals surface area contributed by atoms with Gasteiger partial charge in [-0.25, -0.2) is 0 Å². The van der Waals surface area contributed by atoms with Gasteiger partial charge in [0.25, 0.3) is 0 Å². The van der Waals surface area contributed by atoms with Crippen molar-refractivity contribution in [1.29, 1.82) is 0 Å². The first-order valence-electron chi connectivity index (χ1n) is 5.37. The molecular formula is C10H19N3O. The maximum absolute atomic E-state index is 11.6. The lowest BCUT2D eigenvalue weighted by molar-refractivity contribution is -0.129. The topological polar surface area (TPSA) is 35.6 Å². The van der Waals surface area contributed by atoms with E-state index in [1.165, 1.54) is 13.0 Å². The first-order chi connectivity index (χ1) is 6.66. The standard InChI is InChI=1S/C10H19N3O/c1-8-10(14)13(7-11-8)6-9-3-4-12(2)5-9/h8-9,11H,3-7H2,1-2H3. The van der Waals surface area contributed by atoms with Gasteiger partial charge in [0.15, 0.2) is 0 Å². The Morgan fingerprint density at radius 3 is 2.86 bits per heavy atom. The fourth-order valence-electron chi connectivity index (χ4n) is 2.33. The van der Waals surface area contributed by atoms with E-state index in [0.717, 1.165) is 19.8 Å². The largest absolute Gasteiger partial charge is 0.328 e. The number of amides is 1. The molecule has 2 fully saturated rings. The van der Waals surface area contributed by atoms with Gasteiger partial charge >= 0.3 is 0 Å². The van der Waals surface area contributed by atoms with Crippen molar-refractivity contribution in [2.24, 2.45) is 5.92 Å². The van der Waals surface area contributed by atoms with Crippen molar-refractivity contribution in [3.63, 3.8) is 0 Å². The Kier molecular flexibility index (Phi) is 2.74. The first kappa shape index (κ1) is 9.93. The van der Waals surface area contributed by atoms with Crippen molar-refractivity contribution in [2.75, 3.05) is 33.4 Å². The molecule has 0 aromatic carbocycles. The molecule has 2 rings (SSSR count). The SMILES string of the molecule is CC1NCN(CC2CCN(C)C2)C1=O. The molecule has 4 nitrogen and oxygen atoms in total. The Labute approximate surface area is 85.2 Å². The molecule has 1 amide bonds. The van der Waals surface area contributed by atoms with E-state index in [0.29, 0.717) is 5.92 Å². The maximum atomic E-state index is 11.6. The summed E-state index contributed by atoms with van der Waals surface area (Å²) >= 11 is 0. The quantitative estimate of drug-likeness (QED) is 0.661. The fourth-order valence-corrected chi connectivity index (χ4v) is 2.33. The number of nitrogens with one attached hydrogen (secondary N) is 1. The van der Waals surface area contributed by atoms with Gasteiger partial charge in [0.1, 0.15) is 0 Å². The molecule has 2 aliphatic heterocycles. The Hall–Kier alpha value is -0.610. The molecule has 2 aliphatic rings. The van der Waals surface area contributed by atoms with Gasteiger partial charge in [-0.2, -0.15) is 0 Å². The summed E-state index contributed by atoms with van der Waals surface area (Å²) in [5, 5.41) is 3.17. The van der Waals surface area contributed by atoms with Crippen LogP contribution < -0.4 is 5.32 Å². The van der Waals surface area contributed by atoms with Crippen LogP contribution >= 0.6 is 0 Å². The van der Waals surface area contributed by atoms with Gasteiger partial charge in [-0.05, 0) is 32.9 Å². The van der Waals surface area contributed by atoms with Crippen LogP contribution in [0.3, 0.4) is 0 Å². The molecule has 4 heteroatoms. The second-order valence-corrected chi connectivity index (χ2v) is 4.56. The van der Waals surface area contributed by atoms with E-state index in [2.05, 4.69) is 17.3 Å². The van der Waals surface area contributed by atoms with Crippen LogP contribution in [0.2, 0.25) is 0 Å². The monoisotopic (exact) mass is 197 g/mol. The van der Waals surface area contributed by atoms with Gasteiger partial charge in [0, 0.05) is 13.1 Å². The number of rotatable bonds is 2. The van der Waals surface area contributed by atoms with Crippen molar-refractivity contribution in [3.8, 4) is 0 Å². The number of carbonyl (C=O) groups is 1. The minimum atomic E-state index is 0.0223. The first-order valence-corrected chi connectivity index (χ1v) is 5.37. The van der Waals surface area contributed by atoms with Gasteiger partial charge < -0.3 is 9.80 Å². The van der Waals surface area contributed by atoms with Crippen molar-refractivity contribution in [2.45, 2.75) is 19.4 Å². The minimum absolute atomic E-state index is 0.0223. The zero-order chi connectivity index (χ0) is 10.1. The molecule has 2 heterocycles. The summed E-state index contributed by atoms with van der Waals surface area (Å²) < 4.78 is 0. The minimum Gasteiger partial charge on any atom is -0.328 e. The predicted octanol–water partition coefficient (Wildman–Crippen LogP) is -0.284. The number of nitrogens with zero attached hydrogens (tertiary/aromatic N) is 2. The third-order valence-electron chi connectivity index (χ3n) is 3.24. The molecule has 0 aromatic rings. The lowest BCUT2D eigenvalue weighted by Gasteiger charge is -2.19. The van der Waals surface area contributed by atoms with E-state index in [1.807, 2.05) is 11.8 Å². The van der Waals surface area contributed by atoms with E-state index in [9.17, 15) is 4.79 Å². The van der Waals surface area contributed by atoms with Crippen LogP contribution in [-0.4, -0.2) is 55.1 Å². The molecule has 0 aromatic heterocycles. The van der Waals surface area contributed by atoms with Crippen LogP contribution in [0.25, 0.3) is 0 Å². The number of carbonyl (C=O) groups excluding carboxylic acids is 1. The van der Waals surface area contributed by atoms with Crippen molar-refractivity contribution in [3.05, 3.63) is 0 Å². The highest BCUT2D eigenvalue weighted by Gasteiger charge is 2.30. The average molecular weight is 197 g/mol. The van der Waals surface area contributed by atoms with Gasteiger partial charge in [0.2, 0.25) is 5.91 Å². The van der Waals surface area contributed by atoms with E-state index < -0.39 is 0 Å². The summed E-state index contributed by atoms with van der Waals surface area (Å²) in [5.74, 6) is 0.940. The Morgan fingerprint density at radius 1 is 1.57 bits per heavy atom. The van der Waals surface area contributed by atoms with Crippen molar-refractivity contribution in [1.82, 2.24) is 15.1 Å². The van der Waals surface area contributed by atoms with Gasteiger partial charge in [-0.3, -0.25) is 10.1 Å². The highest BCUT2D eigenvalue weighted by atomic mass is 16.2. The fraction of sp³-hybridized carbons (Fsp3) is 0.900. The Bertz CT molecular complexity index is 231. The summed E-state index contributed by atoms with van der Waals surface area (Å²) in [6.07, 6.45) is 1.23. The molecule has 0 bridgehead atoms. The third-order valence-corrected chi connectivity index (χ3v) is 3.24. The number of hydrogen-bond donors (Lipinski definition) is 1. The molecule has 2 saturated heterocycles. The molecule has 2 atom stereocenters. The molecule has 2 unspecified atom stereocenters. The zero-order valence-corrected chi connectivity index (χ0v) is 8.99. The highest BCUT2D eigenvalue weighted by Crippen LogP contribution is 2.17. The molecule has 0 spiro atoms. The van der Waals surface area contributed by atoms with Gasteiger partial charge in [-0.15, -0.1) is 0 Å². The molecule has 14 heavy (non-hydrogen) atoms. The van der Waals surface area contributed by atoms with E-state index >= 15 is 0 Å². The molecule has 1 N–H and O–H groups in total. The van der Waals surface area contributed by atoms with E-state index in [-0.39, 0.29) is 11.9 Å². The van der Waals surface area contributed by atoms with Crippen LogP contribution in [0.4, 0.5) is 0 Å². The smallest absolute Gasteiger partial charge is 0.240 e. The van der Waals surface area contributed by atoms with Crippen LogP contribution in [-0.2, 0) is 4.79 Å². The van der Waals surface area contributed by atoms with Crippen LogP contribution in [0, 0.1) is 5.92 Å². The van der Waals surface area contributed by atoms with E-state index in [4.69, 9.17) is 0 Å². The second kappa shape index (κ2) is 3.87. The number of likely N-dealkylation sites (tertiary alicyclic amines) is 1. The molecular weight excluding hydrogens is 178 g/mol. The van der Waals surface area contributed by atoms with Crippen molar-refractivity contribution < 1.29 is 4.79 Å². The van der Waals surface area contributed by atoms with Crippen LogP contribution in [0.15, 0.2) is 0 Å². The second-order valence-electron chi connectivity index (χ2n) is 4.56. The Morgan fingerprint density at radius 2 is 2.36 bits per heavy atom. The molecule has 0 aliphatic carbocycles. The summed E-state index contributed by atoms with van der Waals surface area (Å²) in [5.41, 5.74) is 0. The molecule has 80 valence electrons. The Balaban J connectivity index is 1.83. The lowest BCUT2D eigenvalue weighted by atomic mass is 10.1. The molecule has 0 saturated carbocycles. The maximum Gasteiger partial charge on any atom is 0.240 e. The lowest BCUT2D eigenvalue weighted by Crippen LogP contribution is -2.33. The summed E-state index contributed by atoms with van der Waals surface area (Å²) in [7, 11) is 2.15. The highest BCUT2D eigenvalue weighted by molar-refractivity contribution is 5.83. The van der Waals surface area contributed by atoms with E-state index in [1.54, 1.807) is 0 Å². The normalized spacial score (nSPS) is 34.4. The number of hydrogen-bond acceptors (Lipinski definition) is 3. The van der Waals surface area contributed by atoms with Crippen molar-refractivity contribution >= 4 is 5.91 Å². The summed E-state index contributed by atoms with van der Waals surface area (Å²) in [6.45, 7) is 5.91. The van der Waals surface area contributed by atoms with Gasteiger partial charge in [-0.1, -0.05) is 0 Å². The van der Waals surface area contributed by atoms with Crippen LogP contribution in [0.5, 0.6) is 0 Å². The molecule has 0 radical (unpaired) electrons. The zero-order valence-electron chi connectivity index (χ0n) is 8.99.